The molecule has 1 aromatic carbocycles. The Morgan fingerprint density at radius 1 is 1.32 bits per heavy atom. The lowest BCUT2D eigenvalue weighted by molar-refractivity contribution is -0.117. The number of ether oxygens (including phenoxy) is 1. The highest BCUT2D eigenvalue weighted by Gasteiger charge is 2.31. The lowest BCUT2D eigenvalue weighted by Gasteiger charge is -2.17. The Labute approximate surface area is 146 Å². The molecule has 3 amide bonds. The largest absolute Gasteiger partial charge is 0.481 e. The van der Waals surface area contributed by atoms with E-state index in [1.54, 1.807) is 30.3 Å². The number of para-hydroxylation sites is 1. The number of nitrogens with one attached hydrogen (secondary N) is 2. The summed E-state index contributed by atoms with van der Waals surface area (Å²) in [5, 5.41) is 5.63. The third-order valence-electron chi connectivity index (χ3n) is 3.99. The van der Waals surface area contributed by atoms with Gasteiger partial charge >= 0.3 is 6.03 Å². The molecule has 7 nitrogen and oxygen atoms in total. The van der Waals surface area contributed by atoms with E-state index in [0.717, 1.165) is 11.3 Å². The second kappa shape index (κ2) is 7.65. The van der Waals surface area contributed by atoms with Gasteiger partial charge < -0.3 is 20.3 Å². The highest BCUT2D eigenvalue weighted by atomic mass is 16.5. The highest BCUT2D eigenvalue weighted by Crippen LogP contribution is 2.20. The molecule has 130 valence electrons. The number of rotatable bonds is 5. The average Bonchev–Trinajstić information content (AvgIpc) is 3.01. The zero-order valence-electron chi connectivity index (χ0n) is 13.9. The van der Waals surface area contributed by atoms with Crippen LogP contribution in [0, 0.1) is 0 Å². The Bertz CT molecular complexity index is 751. The second-order valence-corrected chi connectivity index (χ2v) is 5.77. The molecule has 2 aromatic rings. The van der Waals surface area contributed by atoms with Crippen molar-refractivity contribution in [1.29, 1.82) is 0 Å². The fourth-order valence-corrected chi connectivity index (χ4v) is 2.75. The molecule has 1 aromatic heterocycles. The molecule has 1 fully saturated rings. The van der Waals surface area contributed by atoms with Gasteiger partial charge in [0.05, 0.1) is 13.2 Å². The van der Waals surface area contributed by atoms with Gasteiger partial charge in [0.25, 0.3) is 0 Å². The molecule has 0 spiro atoms. The van der Waals surface area contributed by atoms with E-state index in [1.165, 1.54) is 0 Å². The molecule has 1 atom stereocenters. The fraction of sp³-hybridized carbons (Fsp3) is 0.278. The Morgan fingerprint density at radius 3 is 2.88 bits per heavy atom. The van der Waals surface area contributed by atoms with E-state index in [2.05, 4.69) is 15.6 Å². The number of hydrogen-bond donors (Lipinski definition) is 2. The summed E-state index contributed by atoms with van der Waals surface area (Å²) in [5.74, 6) is 0.509. The number of aromatic nitrogens is 1. The van der Waals surface area contributed by atoms with Crippen LogP contribution in [0.15, 0.2) is 48.7 Å². The van der Waals surface area contributed by atoms with E-state index in [9.17, 15) is 9.59 Å². The molecule has 25 heavy (non-hydrogen) atoms. The molecule has 0 saturated carbocycles. The summed E-state index contributed by atoms with van der Waals surface area (Å²) in [6.45, 7) is 0.827. The van der Waals surface area contributed by atoms with Crippen molar-refractivity contribution in [3.63, 3.8) is 0 Å². The van der Waals surface area contributed by atoms with E-state index in [0.29, 0.717) is 25.4 Å². The van der Waals surface area contributed by atoms with Crippen molar-refractivity contribution in [2.45, 2.75) is 19.0 Å². The minimum absolute atomic E-state index is 0.00960. The van der Waals surface area contributed by atoms with Crippen LogP contribution in [0.3, 0.4) is 0 Å². The molecule has 2 N–H and O–H groups in total. The fourth-order valence-electron chi connectivity index (χ4n) is 2.75. The van der Waals surface area contributed by atoms with Crippen molar-refractivity contribution >= 4 is 17.6 Å². The lowest BCUT2D eigenvalue weighted by atomic mass is 10.2. The molecule has 1 unspecified atom stereocenters. The van der Waals surface area contributed by atoms with Crippen LogP contribution in [-0.2, 0) is 11.3 Å². The number of carbonyl (C=O) groups is 2. The zero-order chi connectivity index (χ0) is 17.6. The van der Waals surface area contributed by atoms with Gasteiger partial charge in [0.15, 0.2) is 0 Å². The summed E-state index contributed by atoms with van der Waals surface area (Å²) in [6, 6.07) is 12.5. The van der Waals surface area contributed by atoms with Crippen LogP contribution in [0.5, 0.6) is 5.88 Å². The maximum Gasteiger partial charge on any atom is 0.315 e. The predicted molar refractivity (Wildman–Crippen MR) is 93.4 cm³/mol. The number of benzene rings is 1. The first-order valence-corrected chi connectivity index (χ1v) is 8.04. The summed E-state index contributed by atoms with van der Waals surface area (Å²) >= 11 is 0. The molecule has 7 heteroatoms. The number of urea groups is 1. The van der Waals surface area contributed by atoms with E-state index >= 15 is 0 Å². The number of nitrogens with zero attached hydrogens (tertiary/aromatic N) is 2. The number of pyridine rings is 1. The molecule has 1 aliphatic heterocycles. The van der Waals surface area contributed by atoms with E-state index < -0.39 is 0 Å². The molecule has 0 aliphatic carbocycles. The van der Waals surface area contributed by atoms with Gasteiger partial charge in [-0.25, -0.2) is 9.78 Å². The maximum absolute atomic E-state index is 12.1. The topological polar surface area (TPSA) is 83.6 Å². The first kappa shape index (κ1) is 16.8. The number of anilines is 1. The van der Waals surface area contributed by atoms with Crippen LogP contribution >= 0.6 is 0 Å². The van der Waals surface area contributed by atoms with Crippen molar-refractivity contribution in [3.8, 4) is 5.88 Å². The summed E-state index contributed by atoms with van der Waals surface area (Å²) < 4.78 is 5.05. The van der Waals surface area contributed by atoms with Crippen LogP contribution < -0.4 is 20.3 Å². The van der Waals surface area contributed by atoms with Gasteiger partial charge in [0.1, 0.15) is 0 Å². The lowest BCUT2D eigenvalue weighted by Crippen LogP contribution is -2.43. The van der Waals surface area contributed by atoms with Gasteiger partial charge in [-0.2, -0.15) is 0 Å². The van der Waals surface area contributed by atoms with E-state index in [-0.39, 0.29) is 18.0 Å². The number of hydrogen-bond acceptors (Lipinski definition) is 4. The van der Waals surface area contributed by atoms with Gasteiger partial charge in [-0.1, -0.05) is 18.2 Å². The van der Waals surface area contributed by atoms with Crippen molar-refractivity contribution in [2.24, 2.45) is 0 Å². The SMILES string of the molecule is COc1cc(CNC(=O)NC2CC(=O)N(c3ccccc3)C2)ccn1. The molecule has 3 rings (SSSR count). The number of methoxy groups -OCH3 is 1. The van der Waals surface area contributed by atoms with Gasteiger partial charge in [-0.15, -0.1) is 0 Å². The van der Waals surface area contributed by atoms with E-state index in [1.807, 2.05) is 30.3 Å². The minimum atomic E-state index is -0.302. The molecule has 1 saturated heterocycles. The number of carbonyl (C=O) groups excluding carboxylic acids is 2. The standard InChI is InChI=1S/C18H20N4O3/c1-25-16-9-13(7-8-19-16)11-20-18(24)21-14-10-17(23)22(12-14)15-5-3-2-4-6-15/h2-9,14H,10-12H2,1H3,(H2,20,21,24). The summed E-state index contributed by atoms with van der Waals surface area (Å²) in [7, 11) is 1.54. The van der Waals surface area contributed by atoms with Crippen LogP contribution in [-0.4, -0.2) is 36.6 Å². The van der Waals surface area contributed by atoms with Gasteiger partial charge in [0, 0.05) is 37.5 Å². The average molecular weight is 340 g/mol. The molecule has 2 heterocycles. The van der Waals surface area contributed by atoms with Crippen LogP contribution in [0.4, 0.5) is 10.5 Å². The molecule has 1 aliphatic rings. The van der Waals surface area contributed by atoms with Crippen LogP contribution in [0.2, 0.25) is 0 Å². The van der Waals surface area contributed by atoms with Gasteiger partial charge in [-0.3, -0.25) is 4.79 Å². The zero-order valence-corrected chi connectivity index (χ0v) is 13.9. The Kier molecular flexibility index (Phi) is 5.13. The maximum atomic E-state index is 12.1. The van der Waals surface area contributed by atoms with Gasteiger partial charge in [0.2, 0.25) is 11.8 Å². The monoisotopic (exact) mass is 340 g/mol. The highest BCUT2D eigenvalue weighted by molar-refractivity contribution is 5.96. The molecule has 0 bridgehead atoms. The van der Waals surface area contributed by atoms with Crippen molar-refractivity contribution < 1.29 is 14.3 Å². The first-order valence-electron chi connectivity index (χ1n) is 8.04. The van der Waals surface area contributed by atoms with E-state index in [4.69, 9.17) is 4.74 Å². The normalized spacial score (nSPS) is 16.6. The second-order valence-electron chi connectivity index (χ2n) is 5.77. The Hall–Kier alpha value is -3.09. The predicted octanol–water partition coefficient (Wildman–Crippen LogP) is 1.69. The summed E-state index contributed by atoms with van der Waals surface area (Å²) in [4.78, 5) is 29.9. The first-order chi connectivity index (χ1) is 12.2. The quantitative estimate of drug-likeness (QED) is 0.868. The van der Waals surface area contributed by atoms with Crippen molar-refractivity contribution in [3.05, 3.63) is 54.2 Å². The van der Waals surface area contributed by atoms with Crippen LogP contribution in [0.25, 0.3) is 0 Å². The van der Waals surface area contributed by atoms with Crippen molar-refractivity contribution in [2.75, 3.05) is 18.6 Å². The smallest absolute Gasteiger partial charge is 0.315 e. The molecule has 0 radical (unpaired) electrons. The number of amides is 3. The summed E-state index contributed by atoms with van der Waals surface area (Å²) in [5.41, 5.74) is 1.73. The molecular weight excluding hydrogens is 320 g/mol. The molecular formula is C18H20N4O3. The van der Waals surface area contributed by atoms with Crippen molar-refractivity contribution in [1.82, 2.24) is 15.6 Å². The minimum Gasteiger partial charge on any atom is -0.481 e. The van der Waals surface area contributed by atoms with Crippen LogP contribution in [0.1, 0.15) is 12.0 Å². The summed E-state index contributed by atoms with van der Waals surface area (Å²) in [6.07, 6.45) is 1.92. The third-order valence-corrected chi connectivity index (χ3v) is 3.99. The third kappa shape index (κ3) is 4.26. The van der Waals surface area contributed by atoms with Gasteiger partial charge in [-0.05, 0) is 23.8 Å². The Balaban J connectivity index is 1.51. The Morgan fingerprint density at radius 2 is 2.12 bits per heavy atom.